The average molecular weight is 329 g/mol. The molecule has 3 rings (SSSR count). The van der Waals surface area contributed by atoms with E-state index in [0.717, 1.165) is 27.7 Å². The zero-order valence-corrected chi connectivity index (χ0v) is 12.6. The van der Waals surface area contributed by atoms with Crippen LogP contribution in [0.15, 0.2) is 53.3 Å². The Balaban J connectivity index is 2.00. The van der Waals surface area contributed by atoms with Gasteiger partial charge in [0.05, 0.1) is 4.47 Å². The minimum atomic E-state index is 0.563. The third-order valence-electron chi connectivity index (χ3n) is 3.10. The third kappa shape index (κ3) is 2.51. The monoisotopic (exact) mass is 328 g/mol. The number of rotatable bonds is 3. The van der Waals surface area contributed by atoms with E-state index in [4.69, 9.17) is 4.74 Å². The summed E-state index contributed by atoms with van der Waals surface area (Å²) in [5.74, 6) is 1.32. The molecule has 1 aromatic heterocycles. The highest BCUT2D eigenvalue weighted by atomic mass is 79.9. The fourth-order valence-electron chi connectivity index (χ4n) is 2.03. The van der Waals surface area contributed by atoms with Crippen molar-refractivity contribution in [3.8, 4) is 11.6 Å². The summed E-state index contributed by atoms with van der Waals surface area (Å²) in [6.07, 6.45) is 2.39. The molecular formula is C16H13BrN2O. The molecule has 0 aliphatic rings. The molecule has 0 spiro atoms. The van der Waals surface area contributed by atoms with Gasteiger partial charge in [-0.05, 0) is 39.2 Å². The molecule has 0 aliphatic heterocycles. The van der Waals surface area contributed by atoms with E-state index in [0.29, 0.717) is 5.88 Å². The van der Waals surface area contributed by atoms with Gasteiger partial charge in [0.25, 0.3) is 0 Å². The predicted octanol–water partition coefficient (Wildman–Crippen LogP) is 4.75. The number of fused-ring (bicyclic) bond motifs is 1. The minimum Gasteiger partial charge on any atom is -0.438 e. The first kappa shape index (κ1) is 13.1. The Bertz CT molecular complexity index is 758. The molecule has 3 aromatic rings. The zero-order chi connectivity index (χ0) is 13.9. The summed E-state index contributed by atoms with van der Waals surface area (Å²) >= 11 is 3.61. The van der Waals surface area contributed by atoms with Crippen molar-refractivity contribution in [1.82, 2.24) is 9.97 Å². The molecule has 0 fully saturated rings. The summed E-state index contributed by atoms with van der Waals surface area (Å²) in [6.45, 7) is 2.05. The van der Waals surface area contributed by atoms with Crippen LogP contribution in [0, 0.1) is 0 Å². The van der Waals surface area contributed by atoms with Crippen molar-refractivity contribution in [2.45, 2.75) is 13.3 Å². The fourth-order valence-corrected chi connectivity index (χ4v) is 2.61. The van der Waals surface area contributed by atoms with Crippen LogP contribution in [-0.4, -0.2) is 9.97 Å². The summed E-state index contributed by atoms with van der Waals surface area (Å²) in [7, 11) is 0. The second-order valence-corrected chi connectivity index (χ2v) is 5.20. The van der Waals surface area contributed by atoms with Crippen LogP contribution in [0.4, 0.5) is 0 Å². The van der Waals surface area contributed by atoms with Crippen molar-refractivity contribution in [2.24, 2.45) is 0 Å². The van der Waals surface area contributed by atoms with E-state index in [1.165, 1.54) is 11.7 Å². The lowest BCUT2D eigenvalue weighted by molar-refractivity contribution is 0.458. The van der Waals surface area contributed by atoms with E-state index in [1.54, 1.807) is 0 Å². The molecule has 0 unspecified atom stereocenters. The van der Waals surface area contributed by atoms with Crippen LogP contribution in [-0.2, 0) is 6.42 Å². The second-order valence-electron chi connectivity index (χ2n) is 4.40. The van der Waals surface area contributed by atoms with Gasteiger partial charge in [-0.25, -0.2) is 9.97 Å². The highest BCUT2D eigenvalue weighted by Crippen LogP contribution is 2.35. The van der Waals surface area contributed by atoms with Gasteiger partial charge in [0, 0.05) is 11.8 Å². The lowest BCUT2D eigenvalue weighted by Gasteiger charge is -2.09. The van der Waals surface area contributed by atoms with Crippen molar-refractivity contribution in [3.63, 3.8) is 0 Å². The van der Waals surface area contributed by atoms with Crippen molar-refractivity contribution < 1.29 is 4.74 Å². The smallest absolute Gasteiger partial charge is 0.222 e. The highest BCUT2D eigenvalue weighted by Gasteiger charge is 2.08. The molecule has 2 aromatic carbocycles. The Morgan fingerprint density at radius 2 is 1.95 bits per heavy atom. The molecule has 0 radical (unpaired) electrons. The van der Waals surface area contributed by atoms with E-state index in [-0.39, 0.29) is 0 Å². The first-order valence-corrected chi connectivity index (χ1v) is 7.23. The van der Waals surface area contributed by atoms with Gasteiger partial charge in [-0.1, -0.05) is 37.3 Å². The number of aryl methyl sites for hydroxylation is 1. The molecular weight excluding hydrogens is 316 g/mol. The molecule has 1 heterocycles. The lowest BCUT2D eigenvalue weighted by atomic mass is 10.1. The molecule has 4 heteroatoms. The average Bonchev–Trinajstić information content (AvgIpc) is 2.50. The Hall–Kier alpha value is -1.94. The largest absolute Gasteiger partial charge is 0.438 e. The Kier molecular flexibility index (Phi) is 3.65. The lowest BCUT2D eigenvalue weighted by Crippen LogP contribution is -1.93. The van der Waals surface area contributed by atoms with Crippen LogP contribution in [0.2, 0.25) is 0 Å². The molecule has 0 atom stereocenters. The minimum absolute atomic E-state index is 0.563. The van der Waals surface area contributed by atoms with Gasteiger partial charge in [-0.15, -0.1) is 0 Å². The number of nitrogens with zero attached hydrogens (tertiary/aromatic N) is 2. The van der Waals surface area contributed by atoms with Crippen molar-refractivity contribution in [1.29, 1.82) is 0 Å². The molecule has 100 valence electrons. The van der Waals surface area contributed by atoms with Crippen LogP contribution in [0.1, 0.15) is 12.6 Å². The summed E-state index contributed by atoms with van der Waals surface area (Å²) < 4.78 is 6.80. The van der Waals surface area contributed by atoms with Crippen LogP contribution < -0.4 is 4.74 Å². The molecule has 20 heavy (non-hydrogen) atoms. The van der Waals surface area contributed by atoms with Gasteiger partial charge in [-0.2, -0.15) is 0 Å². The topological polar surface area (TPSA) is 35.0 Å². The standard InChI is InChI=1S/C16H13BrN2O/c1-2-12-9-15(19-10-18-12)20-14-8-7-11-5-3-4-6-13(11)16(14)17/h3-10H,2H2,1H3. The number of ether oxygens (including phenoxy) is 1. The molecule has 0 N–H and O–H groups in total. The van der Waals surface area contributed by atoms with E-state index in [2.05, 4.69) is 45.0 Å². The molecule has 3 nitrogen and oxygen atoms in total. The van der Waals surface area contributed by atoms with E-state index >= 15 is 0 Å². The van der Waals surface area contributed by atoms with Gasteiger partial charge in [0.15, 0.2) is 0 Å². The second kappa shape index (κ2) is 5.59. The van der Waals surface area contributed by atoms with E-state index in [1.807, 2.05) is 30.3 Å². The SMILES string of the molecule is CCc1cc(Oc2ccc3ccccc3c2Br)ncn1. The van der Waals surface area contributed by atoms with E-state index < -0.39 is 0 Å². The summed E-state index contributed by atoms with van der Waals surface area (Å²) in [5, 5.41) is 2.29. The maximum atomic E-state index is 5.86. The number of hydrogen-bond donors (Lipinski definition) is 0. The Morgan fingerprint density at radius 1 is 1.10 bits per heavy atom. The normalized spacial score (nSPS) is 10.7. The van der Waals surface area contributed by atoms with Crippen LogP contribution in [0.3, 0.4) is 0 Å². The Morgan fingerprint density at radius 3 is 2.80 bits per heavy atom. The summed E-state index contributed by atoms with van der Waals surface area (Å²) in [6, 6.07) is 14.0. The summed E-state index contributed by atoms with van der Waals surface area (Å²) in [5.41, 5.74) is 0.965. The van der Waals surface area contributed by atoms with Crippen molar-refractivity contribution in [3.05, 3.63) is 59.0 Å². The molecule has 0 bridgehead atoms. The summed E-state index contributed by atoms with van der Waals surface area (Å²) in [4.78, 5) is 8.32. The van der Waals surface area contributed by atoms with Gasteiger partial charge >= 0.3 is 0 Å². The molecule has 0 amide bonds. The molecule has 0 aliphatic carbocycles. The van der Waals surface area contributed by atoms with Crippen LogP contribution >= 0.6 is 15.9 Å². The highest BCUT2D eigenvalue weighted by molar-refractivity contribution is 9.10. The number of halogens is 1. The van der Waals surface area contributed by atoms with Gasteiger partial charge < -0.3 is 4.74 Å². The maximum absolute atomic E-state index is 5.86. The van der Waals surface area contributed by atoms with Gasteiger partial charge in [-0.3, -0.25) is 0 Å². The van der Waals surface area contributed by atoms with Gasteiger partial charge in [0.1, 0.15) is 12.1 Å². The quantitative estimate of drug-likeness (QED) is 0.696. The predicted molar refractivity (Wildman–Crippen MR) is 83.1 cm³/mol. The molecule has 0 saturated heterocycles. The van der Waals surface area contributed by atoms with E-state index in [9.17, 15) is 0 Å². The van der Waals surface area contributed by atoms with Crippen molar-refractivity contribution in [2.75, 3.05) is 0 Å². The van der Waals surface area contributed by atoms with Crippen LogP contribution in [0.25, 0.3) is 10.8 Å². The first-order chi connectivity index (χ1) is 9.78. The fraction of sp³-hybridized carbons (Fsp3) is 0.125. The zero-order valence-electron chi connectivity index (χ0n) is 11.0. The van der Waals surface area contributed by atoms with Crippen molar-refractivity contribution >= 4 is 26.7 Å². The first-order valence-electron chi connectivity index (χ1n) is 6.44. The molecule has 0 saturated carbocycles. The third-order valence-corrected chi connectivity index (χ3v) is 3.92. The number of benzene rings is 2. The maximum Gasteiger partial charge on any atom is 0.222 e. The number of hydrogen-bond acceptors (Lipinski definition) is 3. The van der Waals surface area contributed by atoms with Crippen LogP contribution in [0.5, 0.6) is 11.6 Å². The number of aromatic nitrogens is 2. The van der Waals surface area contributed by atoms with Gasteiger partial charge in [0.2, 0.25) is 5.88 Å². The Labute approximate surface area is 125 Å².